The minimum Gasteiger partial charge on any atom is -0.491 e. The van der Waals surface area contributed by atoms with Gasteiger partial charge in [0.15, 0.2) is 0 Å². The lowest BCUT2D eigenvalue weighted by molar-refractivity contribution is 0.0811. The standard InChI is InChI=1S/C13H16N2O3/c1-15(7-6-14)13(16)11-4-3-5-12(10-11)18-9-8-17-2/h3-5,10H,7-9H2,1-2H3. The Bertz CT molecular complexity index is 440. The fourth-order valence-electron chi connectivity index (χ4n) is 1.36. The average molecular weight is 248 g/mol. The molecule has 0 saturated heterocycles. The first-order valence-electron chi connectivity index (χ1n) is 5.53. The first kappa shape index (κ1) is 14.0. The van der Waals surface area contributed by atoms with Gasteiger partial charge in [0.05, 0.1) is 12.7 Å². The fraction of sp³-hybridized carbons (Fsp3) is 0.385. The molecule has 0 spiro atoms. The molecular weight excluding hydrogens is 232 g/mol. The van der Waals surface area contributed by atoms with Gasteiger partial charge in [-0.25, -0.2) is 0 Å². The van der Waals surface area contributed by atoms with Crippen molar-refractivity contribution in [3.63, 3.8) is 0 Å². The van der Waals surface area contributed by atoms with Gasteiger partial charge in [-0.15, -0.1) is 0 Å². The Kier molecular flexibility index (Phi) is 5.68. The van der Waals surface area contributed by atoms with Crippen molar-refractivity contribution in [3.8, 4) is 11.8 Å². The topological polar surface area (TPSA) is 62.6 Å². The summed E-state index contributed by atoms with van der Waals surface area (Å²) in [5, 5.41) is 8.55. The van der Waals surface area contributed by atoms with Crippen LogP contribution in [-0.2, 0) is 4.74 Å². The Morgan fingerprint density at radius 1 is 1.44 bits per heavy atom. The summed E-state index contributed by atoms with van der Waals surface area (Å²) in [5.74, 6) is 0.414. The molecule has 0 N–H and O–H groups in total. The molecule has 18 heavy (non-hydrogen) atoms. The van der Waals surface area contributed by atoms with Gasteiger partial charge in [-0.1, -0.05) is 6.07 Å². The number of nitriles is 1. The second kappa shape index (κ2) is 7.30. The number of carbonyl (C=O) groups is 1. The Morgan fingerprint density at radius 3 is 2.89 bits per heavy atom. The minimum absolute atomic E-state index is 0.0631. The fourth-order valence-corrected chi connectivity index (χ4v) is 1.36. The van der Waals surface area contributed by atoms with Gasteiger partial charge in [0.25, 0.3) is 5.91 Å². The molecule has 0 aromatic heterocycles. The molecule has 96 valence electrons. The van der Waals surface area contributed by atoms with Crippen molar-refractivity contribution in [2.24, 2.45) is 0 Å². The number of carbonyl (C=O) groups excluding carboxylic acids is 1. The highest BCUT2D eigenvalue weighted by atomic mass is 16.5. The van der Waals surface area contributed by atoms with E-state index in [4.69, 9.17) is 14.7 Å². The summed E-state index contributed by atoms with van der Waals surface area (Å²) in [6.07, 6.45) is 0. The predicted molar refractivity (Wildman–Crippen MR) is 66.4 cm³/mol. The zero-order valence-electron chi connectivity index (χ0n) is 10.5. The van der Waals surface area contributed by atoms with Crippen LogP contribution in [0.2, 0.25) is 0 Å². The molecule has 0 aliphatic rings. The first-order valence-corrected chi connectivity index (χ1v) is 5.53. The van der Waals surface area contributed by atoms with E-state index in [0.29, 0.717) is 24.5 Å². The summed E-state index contributed by atoms with van der Waals surface area (Å²) in [6.45, 7) is 0.988. The number of hydrogen-bond acceptors (Lipinski definition) is 4. The summed E-state index contributed by atoms with van der Waals surface area (Å²) in [5.41, 5.74) is 0.502. The molecule has 5 nitrogen and oxygen atoms in total. The van der Waals surface area contributed by atoms with Gasteiger partial charge >= 0.3 is 0 Å². The number of ether oxygens (including phenoxy) is 2. The van der Waals surface area contributed by atoms with Crippen molar-refractivity contribution in [2.75, 3.05) is 33.9 Å². The van der Waals surface area contributed by atoms with Crippen LogP contribution in [0.3, 0.4) is 0 Å². The molecule has 0 bridgehead atoms. The van der Waals surface area contributed by atoms with Gasteiger partial charge in [-0.3, -0.25) is 4.79 Å². The molecular formula is C13H16N2O3. The predicted octanol–water partition coefficient (Wildman–Crippen LogP) is 1.31. The van der Waals surface area contributed by atoms with Gasteiger partial charge in [0, 0.05) is 19.7 Å². The lowest BCUT2D eigenvalue weighted by Gasteiger charge is -2.13. The minimum atomic E-state index is -0.200. The molecule has 5 heteroatoms. The zero-order valence-corrected chi connectivity index (χ0v) is 10.5. The third kappa shape index (κ3) is 4.07. The maximum Gasteiger partial charge on any atom is 0.254 e. The number of benzene rings is 1. The highest BCUT2D eigenvalue weighted by Crippen LogP contribution is 2.14. The van der Waals surface area contributed by atoms with E-state index in [1.807, 2.05) is 6.07 Å². The van der Waals surface area contributed by atoms with Crippen molar-refractivity contribution in [2.45, 2.75) is 0 Å². The van der Waals surface area contributed by atoms with Crippen molar-refractivity contribution in [3.05, 3.63) is 29.8 Å². The number of rotatable bonds is 6. The monoisotopic (exact) mass is 248 g/mol. The lowest BCUT2D eigenvalue weighted by Crippen LogP contribution is -2.26. The molecule has 0 aliphatic carbocycles. The molecule has 0 aliphatic heterocycles. The van der Waals surface area contributed by atoms with E-state index in [0.717, 1.165) is 0 Å². The summed E-state index contributed by atoms with van der Waals surface area (Å²) in [7, 11) is 3.18. The van der Waals surface area contributed by atoms with E-state index in [1.54, 1.807) is 38.4 Å². The van der Waals surface area contributed by atoms with Gasteiger partial charge in [-0.2, -0.15) is 5.26 Å². The van der Waals surface area contributed by atoms with Gasteiger partial charge in [0.1, 0.15) is 18.9 Å². The van der Waals surface area contributed by atoms with Crippen molar-refractivity contribution in [1.82, 2.24) is 4.90 Å². The number of nitrogens with zero attached hydrogens (tertiary/aromatic N) is 2. The number of methoxy groups -OCH3 is 1. The third-order valence-electron chi connectivity index (χ3n) is 2.29. The first-order chi connectivity index (χ1) is 8.69. The zero-order chi connectivity index (χ0) is 13.4. The Balaban J connectivity index is 2.69. The van der Waals surface area contributed by atoms with Crippen LogP contribution in [0.15, 0.2) is 24.3 Å². The highest BCUT2D eigenvalue weighted by Gasteiger charge is 2.11. The van der Waals surface area contributed by atoms with Crippen molar-refractivity contribution < 1.29 is 14.3 Å². The summed E-state index contributed by atoms with van der Waals surface area (Å²) < 4.78 is 10.3. The molecule has 1 amide bonds. The summed E-state index contributed by atoms with van der Waals surface area (Å²) in [6, 6.07) is 8.80. The summed E-state index contributed by atoms with van der Waals surface area (Å²) >= 11 is 0. The largest absolute Gasteiger partial charge is 0.491 e. The van der Waals surface area contributed by atoms with Crippen LogP contribution in [-0.4, -0.2) is 44.7 Å². The van der Waals surface area contributed by atoms with Gasteiger partial charge < -0.3 is 14.4 Å². The van der Waals surface area contributed by atoms with Crippen LogP contribution >= 0.6 is 0 Å². The molecule has 0 atom stereocenters. The smallest absolute Gasteiger partial charge is 0.254 e. The van der Waals surface area contributed by atoms with Crippen molar-refractivity contribution in [1.29, 1.82) is 5.26 Å². The Labute approximate surface area is 107 Å². The van der Waals surface area contributed by atoms with Gasteiger partial charge in [0.2, 0.25) is 0 Å². The van der Waals surface area contributed by atoms with E-state index in [2.05, 4.69) is 0 Å². The van der Waals surface area contributed by atoms with Crippen LogP contribution in [0.4, 0.5) is 0 Å². The Morgan fingerprint density at radius 2 is 2.22 bits per heavy atom. The van der Waals surface area contributed by atoms with E-state index >= 15 is 0 Å². The van der Waals surface area contributed by atoms with E-state index in [9.17, 15) is 4.79 Å². The normalized spacial score (nSPS) is 9.61. The second-order valence-corrected chi connectivity index (χ2v) is 3.69. The molecule has 0 heterocycles. The van der Waals surface area contributed by atoms with Crippen LogP contribution in [0.1, 0.15) is 10.4 Å². The molecule has 0 saturated carbocycles. The molecule has 1 rings (SSSR count). The SMILES string of the molecule is COCCOc1cccc(C(=O)N(C)CC#N)c1. The summed E-state index contributed by atoms with van der Waals surface area (Å²) in [4.78, 5) is 13.3. The molecule has 1 aromatic carbocycles. The highest BCUT2D eigenvalue weighted by molar-refractivity contribution is 5.94. The quantitative estimate of drug-likeness (QED) is 0.562. The number of hydrogen-bond donors (Lipinski definition) is 0. The number of amides is 1. The van der Waals surface area contributed by atoms with Crippen LogP contribution in [0, 0.1) is 11.3 Å². The molecule has 0 radical (unpaired) electrons. The van der Waals surface area contributed by atoms with E-state index < -0.39 is 0 Å². The van der Waals surface area contributed by atoms with E-state index in [1.165, 1.54) is 4.90 Å². The van der Waals surface area contributed by atoms with Crippen molar-refractivity contribution >= 4 is 5.91 Å². The second-order valence-electron chi connectivity index (χ2n) is 3.69. The third-order valence-corrected chi connectivity index (χ3v) is 2.29. The molecule has 0 fully saturated rings. The molecule has 0 unspecified atom stereocenters. The lowest BCUT2D eigenvalue weighted by atomic mass is 10.2. The van der Waals surface area contributed by atoms with Crippen LogP contribution in [0.5, 0.6) is 5.75 Å². The Hall–Kier alpha value is -2.06. The van der Waals surface area contributed by atoms with Crippen LogP contribution < -0.4 is 4.74 Å². The average Bonchev–Trinajstić information content (AvgIpc) is 2.39. The maximum absolute atomic E-state index is 11.9. The molecule has 1 aromatic rings. The van der Waals surface area contributed by atoms with Gasteiger partial charge in [-0.05, 0) is 18.2 Å². The van der Waals surface area contributed by atoms with Crippen LogP contribution in [0.25, 0.3) is 0 Å². The van der Waals surface area contributed by atoms with E-state index in [-0.39, 0.29) is 12.5 Å². The maximum atomic E-state index is 11.9.